The number of fused-ring (bicyclic) bond motifs is 1. The quantitative estimate of drug-likeness (QED) is 0.923. The average molecular weight is 299 g/mol. The smallest absolute Gasteiger partial charge is 0.254 e. The molecule has 1 atom stereocenters. The summed E-state index contributed by atoms with van der Waals surface area (Å²) in [6.07, 6.45) is 0.807. The number of carbonyl (C=O) groups excluding carboxylic acids is 1. The molecule has 0 radical (unpaired) electrons. The minimum absolute atomic E-state index is 0.0256. The van der Waals surface area contributed by atoms with Gasteiger partial charge in [0.2, 0.25) is 0 Å². The minimum atomic E-state index is 0.0256. The van der Waals surface area contributed by atoms with Crippen molar-refractivity contribution in [2.45, 2.75) is 33.2 Å². The van der Waals surface area contributed by atoms with E-state index in [1.807, 2.05) is 44.3 Å². The van der Waals surface area contributed by atoms with E-state index in [9.17, 15) is 4.79 Å². The molecule has 0 aliphatic carbocycles. The van der Waals surface area contributed by atoms with Crippen LogP contribution in [0, 0.1) is 12.8 Å². The van der Waals surface area contributed by atoms with Crippen LogP contribution in [0.5, 0.6) is 0 Å². The molecule has 0 spiro atoms. The van der Waals surface area contributed by atoms with Gasteiger partial charge in [-0.15, -0.1) is 0 Å². The zero-order chi connectivity index (χ0) is 16.3. The summed E-state index contributed by atoms with van der Waals surface area (Å²) in [5.74, 6) is 0.449. The fraction of sp³-hybridized carbons (Fsp3) is 0.444. The molecular formula is C18H25N3O. The molecule has 0 saturated heterocycles. The molecular weight excluding hydrogens is 274 g/mol. The van der Waals surface area contributed by atoms with Gasteiger partial charge in [-0.25, -0.2) is 0 Å². The normalized spacial score (nSPS) is 12.6. The molecule has 0 fully saturated rings. The molecule has 0 bridgehead atoms. The highest BCUT2D eigenvalue weighted by Crippen LogP contribution is 2.19. The van der Waals surface area contributed by atoms with E-state index in [4.69, 9.17) is 5.73 Å². The van der Waals surface area contributed by atoms with Crippen LogP contribution in [0.3, 0.4) is 0 Å². The molecule has 1 unspecified atom stereocenters. The number of aryl methyl sites for hydroxylation is 1. The van der Waals surface area contributed by atoms with Crippen molar-refractivity contribution in [1.29, 1.82) is 0 Å². The average Bonchev–Trinajstić information content (AvgIpc) is 2.50. The van der Waals surface area contributed by atoms with Crippen LogP contribution in [0.25, 0.3) is 10.9 Å². The highest BCUT2D eigenvalue weighted by Gasteiger charge is 2.17. The first kappa shape index (κ1) is 16.4. The third-order valence-corrected chi connectivity index (χ3v) is 4.08. The molecule has 4 nitrogen and oxygen atoms in total. The van der Waals surface area contributed by atoms with Gasteiger partial charge in [-0.05, 0) is 31.4 Å². The third kappa shape index (κ3) is 3.63. The predicted molar refractivity (Wildman–Crippen MR) is 90.9 cm³/mol. The van der Waals surface area contributed by atoms with E-state index >= 15 is 0 Å². The van der Waals surface area contributed by atoms with Crippen LogP contribution in [0.2, 0.25) is 0 Å². The summed E-state index contributed by atoms with van der Waals surface area (Å²) in [6, 6.07) is 9.74. The number of rotatable bonds is 5. The number of nitrogens with two attached hydrogens (primary N) is 1. The number of hydrogen-bond acceptors (Lipinski definition) is 3. The second-order valence-corrected chi connectivity index (χ2v) is 6.25. The van der Waals surface area contributed by atoms with E-state index < -0.39 is 0 Å². The fourth-order valence-electron chi connectivity index (χ4n) is 2.47. The number of pyridine rings is 1. The topological polar surface area (TPSA) is 59.2 Å². The van der Waals surface area contributed by atoms with E-state index in [0.717, 1.165) is 23.0 Å². The summed E-state index contributed by atoms with van der Waals surface area (Å²) >= 11 is 0. The minimum Gasteiger partial charge on any atom is -0.342 e. The van der Waals surface area contributed by atoms with Crippen LogP contribution >= 0.6 is 0 Å². The maximum atomic E-state index is 12.8. The van der Waals surface area contributed by atoms with Gasteiger partial charge in [-0.1, -0.05) is 32.0 Å². The molecule has 0 aliphatic rings. The fourth-order valence-corrected chi connectivity index (χ4v) is 2.47. The molecule has 2 N–H and O–H groups in total. The molecule has 1 heterocycles. The van der Waals surface area contributed by atoms with Crippen molar-refractivity contribution in [2.75, 3.05) is 13.6 Å². The number of amides is 1. The number of nitrogens with zero attached hydrogens (tertiary/aromatic N) is 2. The number of hydrogen-bond donors (Lipinski definition) is 1. The maximum absolute atomic E-state index is 12.8. The van der Waals surface area contributed by atoms with Gasteiger partial charge in [0.15, 0.2) is 0 Å². The van der Waals surface area contributed by atoms with E-state index in [0.29, 0.717) is 18.0 Å². The Kier molecular flexibility index (Phi) is 5.14. The molecule has 1 aromatic carbocycles. The van der Waals surface area contributed by atoms with Crippen LogP contribution in [0.1, 0.15) is 36.3 Å². The highest BCUT2D eigenvalue weighted by molar-refractivity contribution is 6.06. The van der Waals surface area contributed by atoms with Crippen molar-refractivity contribution in [2.24, 2.45) is 11.7 Å². The zero-order valence-corrected chi connectivity index (χ0v) is 13.8. The molecule has 1 aromatic heterocycles. The number of para-hydroxylation sites is 1. The summed E-state index contributed by atoms with van der Waals surface area (Å²) in [6.45, 7) is 6.78. The van der Waals surface area contributed by atoms with Crippen LogP contribution in [0.4, 0.5) is 0 Å². The molecule has 2 aromatic rings. The Morgan fingerprint density at radius 1 is 1.32 bits per heavy atom. The second-order valence-electron chi connectivity index (χ2n) is 6.25. The third-order valence-electron chi connectivity index (χ3n) is 4.08. The molecule has 2 rings (SSSR count). The Bertz CT molecular complexity index is 666. The standard InChI is InChI=1S/C18H25N3O/c1-12(2)16(19)9-10-21(4)18(22)15-11-13(3)20-17-8-6-5-7-14(15)17/h5-8,11-12,16H,9-10,19H2,1-4H3. The molecule has 0 aliphatic heterocycles. The van der Waals surface area contributed by atoms with Gasteiger partial charge in [-0.2, -0.15) is 0 Å². The van der Waals surface area contributed by atoms with Gasteiger partial charge in [-0.3, -0.25) is 9.78 Å². The first-order chi connectivity index (χ1) is 10.4. The van der Waals surface area contributed by atoms with Crippen molar-refractivity contribution < 1.29 is 4.79 Å². The summed E-state index contributed by atoms with van der Waals surface area (Å²) in [4.78, 5) is 19.0. The Hall–Kier alpha value is -1.94. The Morgan fingerprint density at radius 2 is 2.00 bits per heavy atom. The van der Waals surface area contributed by atoms with E-state index in [2.05, 4.69) is 18.8 Å². The van der Waals surface area contributed by atoms with Crippen molar-refractivity contribution >= 4 is 16.8 Å². The van der Waals surface area contributed by atoms with Crippen molar-refractivity contribution in [3.63, 3.8) is 0 Å². The lowest BCUT2D eigenvalue weighted by Gasteiger charge is -2.22. The molecule has 118 valence electrons. The SMILES string of the molecule is Cc1cc(C(=O)N(C)CCC(N)C(C)C)c2ccccc2n1. The lowest BCUT2D eigenvalue weighted by Crippen LogP contribution is -2.34. The van der Waals surface area contributed by atoms with Crippen molar-refractivity contribution in [3.05, 3.63) is 41.6 Å². The summed E-state index contributed by atoms with van der Waals surface area (Å²) in [5, 5.41) is 0.901. The number of carbonyl (C=O) groups is 1. The molecule has 22 heavy (non-hydrogen) atoms. The van der Waals surface area contributed by atoms with Crippen LogP contribution in [0.15, 0.2) is 30.3 Å². The first-order valence-corrected chi connectivity index (χ1v) is 7.77. The predicted octanol–water partition coefficient (Wildman–Crippen LogP) is 2.99. The van der Waals surface area contributed by atoms with Crippen molar-refractivity contribution in [3.8, 4) is 0 Å². The van der Waals surface area contributed by atoms with Gasteiger partial charge < -0.3 is 10.6 Å². The summed E-state index contributed by atoms with van der Waals surface area (Å²) < 4.78 is 0. The highest BCUT2D eigenvalue weighted by atomic mass is 16.2. The lowest BCUT2D eigenvalue weighted by atomic mass is 10.0. The lowest BCUT2D eigenvalue weighted by molar-refractivity contribution is 0.0791. The van der Waals surface area contributed by atoms with Gasteiger partial charge in [0.05, 0.1) is 11.1 Å². The second kappa shape index (κ2) is 6.88. The Labute approximate surface area is 132 Å². The van der Waals surface area contributed by atoms with Crippen molar-refractivity contribution in [1.82, 2.24) is 9.88 Å². The van der Waals surface area contributed by atoms with Crippen LogP contribution in [-0.4, -0.2) is 35.4 Å². The Balaban J connectivity index is 2.22. The molecule has 4 heteroatoms. The van der Waals surface area contributed by atoms with Gasteiger partial charge in [0, 0.05) is 30.7 Å². The number of aromatic nitrogens is 1. The van der Waals surface area contributed by atoms with E-state index in [1.54, 1.807) is 4.90 Å². The van der Waals surface area contributed by atoms with Gasteiger partial charge in [0.25, 0.3) is 5.91 Å². The summed E-state index contributed by atoms with van der Waals surface area (Å²) in [5.41, 5.74) is 8.50. The van der Waals surface area contributed by atoms with E-state index in [1.165, 1.54) is 0 Å². The van der Waals surface area contributed by atoms with Crippen LogP contribution < -0.4 is 5.73 Å². The monoisotopic (exact) mass is 299 g/mol. The van der Waals surface area contributed by atoms with E-state index in [-0.39, 0.29) is 11.9 Å². The maximum Gasteiger partial charge on any atom is 0.254 e. The number of benzene rings is 1. The van der Waals surface area contributed by atoms with Crippen LogP contribution in [-0.2, 0) is 0 Å². The largest absolute Gasteiger partial charge is 0.342 e. The zero-order valence-electron chi connectivity index (χ0n) is 13.8. The summed E-state index contributed by atoms with van der Waals surface area (Å²) in [7, 11) is 1.83. The first-order valence-electron chi connectivity index (χ1n) is 7.77. The Morgan fingerprint density at radius 3 is 2.68 bits per heavy atom. The molecule has 1 amide bonds. The molecule has 0 saturated carbocycles. The van der Waals surface area contributed by atoms with Gasteiger partial charge >= 0.3 is 0 Å². The van der Waals surface area contributed by atoms with Gasteiger partial charge in [0.1, 0.15) is 0 Å².